The summed E-state index contributed by atoms with van der Waals surface area (Å²) in [6.07, 6.45) is 6.44. The highest BCUT2D eigenvalue weighted by Gasteiger charge is 2.30. The Balaban J connectivity index is 1.72. The molecule has 1 aromatic heterocycles. The molecule has 0 aliphatic carbocycles. The van der Waals surface area contributed by atoms with Gasteiger partial charge >= 0.3 is 0 Å². The van der Waals surface area contributed by atoms with Crippen LogP contribution in [-0.4, -0.2) is 49.2 Å². The van der Waals surface area contributed by atoms with Gasteiger partial charge < -0.3 is 10.2 Å². The molecule has 118 valence electrons. The number of piperazine rings is 1. The summed E-state index contributed by atoms with van der Waals surface area (Å²) in [6, 6.07) is 0.763. The lowest BCUT2D eigenvalue weighted by molar-refractivity contribution is 0.133. The average molecular weight is 308 g/mol. The van der Waals surface area contributed by atoms with E-state index >= 15 is 0 Å². The summed E-state index contributed by atoms with van der Waals surface area (Å²) >= 11 is 1.90. The van der Waals surface area contributed by atoms with Crippen molar-refractivity contribution in [3.8, 4) is 0 Å². The first kappa shape index (κ1) is 15.3. The van der Waals surface area contributed by atoms with E-state index in [0.717, 1.165) is 25.6 Å². The van der Waals surface area contributed by atoms with Crippen molar-refractivity contribution < 1.29 is 0 Å². The highest BCUT2D eigenvalue weighted by molar-refractivity contribution is 7.15. The molecule has 0 bridgehead atoms. The monoisotopic (exact) mass is 308 g/mol. The molecular weight excluding hydrogens is 280 g/mol. The minimum absolute atomic E-state index is 0.763. The fourth-order valence-corrected chi connectivity index (χ4v) is 4.72. The second-order valence-electron chi connectivity index (χ2n) is 6.28. The number of thiazole rings is 1. The van der Waals surface area contributed by atoms with Gasteiger partial charge in [0.05, 0.1) is 5.69 Å². The van der Waals surface area contributed by atoms with Crippen molar-refractivity contribution >= 4 is 16.5 Å². The topological polar surface area (TPSA) is 31.4 Å². The molecule has 0 radical (unpaired) electrons. The number of hydrogen-bond donors (Lipinski definition) is 1. The SMILES string of the molecule is CCCc1nc(N2CCN3CCCCC3C2)sc1CNC. The van der Waals surface area contributed by atoms with Crippen LogP contribution in [0.1, 0.15) is 43.2 Å². The van der Waals surface area contributed by atoms with Gasteiger partial charge in [0.1, 0.15) is 0 Å². The van der Waals surface area contributed by atoms with E-state index in [-0.39, 0.29) is 0 Å². The standard InChI is InChI=1S/C16H28N4S/c1-3-6-14-15(11-17-2)21-16(18-14)20-10-9-19-8-5-4-7-13(19)12-20/h13,17H,3-12H2,1-2H3. The number of aromatic nitrogens is 1. The molecule has 2 fully saturated rings. The maximum atomic E-state index is 4.97. The van der Waals surface area contributed by atoms with E-state index in [9.17, 15) is 0 Å². The van der Waals surface area contributed by atoms with Gasteiger partial charge in [0, 0.05) is 37.1 Å². The zero-order valence-electron chi connectivity index (χ0n) is 13.4. The molecule has 3 rings (SSSR count). The van der Waals surface area contributed by atoms with Crippen LogP contribution in [0.15, 0.2) is 0 Å². The quantitative estimate of drug-likeness (QED) is 0.905. The first-order valence-corrected chi connectivity index (χ1v) is 9.25. The van der Waals surface area contributed by atoms with Gasteiger partial charge in [-0.3, -0.25) is 4.90 Å². The van der Waals surface area contributed by atoms with Crippen molar-refractivity contribution in [3.63, 3.8) is 0 Å². The number of fused-ring (bicyclic) bond motifs is 1. The zero-order valence-corrected chi connectivity index (χ0v) is 14.2. The summed E-state index contributed by atoms with van der Waals surface area (Å²) in [7, 11) is 2.02. The zero-order chi connectivity index (χ0) is 14.7. The third-order valence-corrected chi connectivity index (χ3v) is 5.86. The largest absolute Gasteiger partial charge is 0.345 e. The molecule has 21 heavy (non-hydrogen) atoms. The van der Waals surface area contributed by atoms with Crippen LogP contribution in [0.2, 0.25) is 0 Å². The van der Waals surface area contributed by atoms with E-state index in [1.807, 2.05) is 18.4 Å². The molecule has 0 saturated carbocycles. The van der Waals surface area contributed by atoms with Gasteiger partial charge in [-0.25, -0.2) is 4.98 Å². The van der Waals surface area contributed by atoms with Crippen LogP contribution in [0.3, 0.4) is 0 Å². The molecule has 0 aromatic carbocycles. The molecule has 0 amide bonds. The Morgan fingerprint density at radius 1 is 1.29 bits per heavy atom. The Bertz CT molecular complexity index is 436. The molecule has 5 heteroatoms. The van der Waals surface area contributed by atoms with Crippen molar-refractivity contribution in [2.24, 2.45) is 0 Å². The average Bonchev–Trinajstić information content (AvgIpc) is 2.91. The van der Waals surface area contributed by atoms with Gasteiger partial charge in [-0.2, -0.15) is 0 Å². The second-order valence-corrected chi connectivity index (χ2v) is 7.34. The number of nitrogens with zero attached hydrogens (tertiary/aromatic N) is 3. The lowest BCUT2D eigenvalue weighted by Crippen LogP contribution is -2.54. The van der Waals surface area contributed by atoms with E-state index in [1.54, 1.807) is 0 Å². The minimum Gasteiger partial charge on any atom is -0.345 e. The van der Waals surface area contributed by atoms with Crippen LogP contribution in [0.5, 0.6) is 0 Å². The predicted octanol–water partition coefficient (Wildman–Crippen LogP) is 2.49. The van der Waals surface area contributed by atoms with Crippen LogP contribution in [0.25, 0.3) is 0 Å². The van der Waals surface area contributed by atoms with Gasteiger partial charge in [0.15, 0.2) is 5.13 Å². The van der Waals surface area contributed by atoms with E-state index in [0.29, 0.717) is 0 Å². The maximum absolute atomic E-state index is 4.97. The van der Waals surface area contributed by atoms with E-state index < -0.39 is 0 Å². The predicted molar refractivity (Wildman–Crippen MR) is 90.3 cm³/mol. The van der Waals surface area contributed by atoms with Gasteiger partial charge in [-0.05, 0) is 32.9 Å². The van der Waals surface area contributed by atoms with Gasteiger partial charge in [-0.1, -0.05) is 19.8 Å². The molecule has 2 saturated heterocycles. The summed E-state index contributed by atoms with van der Waals surface area (Å²) in [4.78, 5) is 11.6. The number of rotatable bonds is 5. The number of anilines is 1. The van der Waals surface area contributed by atoms with E-state index in [1.165, 1.54) is 61.0 Å². The van der Waals surface area contributed by atoms with Crippen LogP contribution < -0.4 is 10.2 Å². The molecule has 1 N–H and O–H groups in total. The highest BCUT2D eigenvalue weighted by Crippen LogP contribution is 2.30. The Hall–Kier alpha value is -0.650. The van der Waals surface area contributed by atoms with Crippen LogP contribution in [-0.2, 0) is 13.0 Å². The Labute approximate surface area is 132 Å². The third kappa shape index (κ3) is 3.41. The molecular formula is C16H28N4S. The molecule has 2 aliphatic heterocycles. The van der Waals surface area contributed by atoms with Gasteiger partial charge in [0.25, 0.3) is 0 Å². The second kappa shape index (κ2) is 7.07. The Kier molecular flexibility index (Phi) is 5.14. The molecule has 3 heterocycles. The maximum Gasteiger partial charge on any atom is 0.185 e. The first-order chi connectivity index (χ1) is 10.3. The summed E-state index contributed by atoms with van der Waals surface area (Å²) in [5.41, 5.74) is 1.32. The van der Waals surface area contributed by atoms with Crippen LogP contribution >= 0.6 is 11.3 Å². The van der Waals surface area contributed by atoms with Crippen molar-refractivity contribution in [1.29, 1.82) is 0 Å². The number of aryl methyl sites for hydroxylation is 1. The summed E-state index contributed by atoms with van der Waals surface area (Å²) in [6.45, 7) is 8.04. The lowest BCUT2D eigenvalue weighted by atomic mass is 10.00. The summed E-state index contributed by atoms with van der Waals surface area (Å²) in [5.74, 6) is 0. The van der Waals surface area contributed by atoms with E-state index in [4.69, 9.17) is 4.98 Å². The van der Waals surface area contributed by atoms with Gasteiger partial charge in [0.2, 0.25) is 0 Å². The molecule has 4 nitrogen and oxygen atoms in total. The third-order valence-electron chi connectivity index (χ3n) is 4.70. The Morgan fingerprint density at radius 2 is 2.19 bits per heavy atom. The molecule has 1 atom stereocenters. The molecule has 0 spiro atoms. The smallest absolute Gasteiger partial charge is 0.185 e. The molecule has 2 aliphatic rings. The minimum atomic E-state index is 0.763. The van der Waals surface area contributed by atoms with Crippen molar-refractivity contribution in [2.45, 2.75) is 51.6 Å². The van der Waals surface area contributed by atoms with Crippen molar-refractivity contribution in [2.75, 3.05) is 38.1 Å². The normalized spacial score (nSPS) is 23.3. The van der Waals surface area contributed by atoms with Crippen molar-refractivity contribution in [3.05, 3.63) is 10.6 Å². The molecule has 1 unspecified atom stereocenters. The van der Waals surface area contributed by atoms with Gasteiger partial charge in [-0.15, -0.1) is 11.3 Å². The number of piperidine rings is 1. The fraction of sp³-hybridized carbons (Fsp3) is 0.812. The lowest BCUT2D eigenvalue weighted by Gasteiger charge is -2.44. The van der Waals surface area contributed by atoms with Crippen LogP contribution in [0, 0.1) is 0 Å². The van der Waals surface area contributed by atoms with Crippen molar-refractivity contribution in [1.82, 2.24) is 15.2 Å². The fourth-order valence-electron chi connectivity index (χ4n) is 3.57. The number of nitrogens with one attached hydrogen (secondary N) is 1. The summed E-state index contributed by atoms with van der Waals surface area (Å²) < 4.78 is 0. The highest BCUT2D eigenvalue weighted by atomic mass is 32.1. The number of hydrogen-bond acceptors (Lipinski definition) is 5. The summed E-state index contributed by atoms with van der Waals surface area (Å²) in [5, 5.41) is 4.55. The van der Waals surface area contributed by atoms with Crippen LogP contribution in [0.4, 0.5) is 5.13 Å². The Morgan fingerprint density at radius 3 is 3.00 bits per heavy atom. The van der Waals surface area contributed by atoms with E-state index in [2.05, 4.69) is 22.0 Å². The molecule has 1 aromatic rings. The first-order valence-electron chi connectivity index (χ1n) is 8.44.